The minimum Gasteiger partial charge on any atom is -0.497 e. The van der Waals surface area contributed by atoms with Gasteiger partial charge < -0.3 is 20.3 Å². The largest absolute Gasteiger partial charge is 0.497 e. The van der Waals surface area contributed by atoms with Crippen molar-refractivity contribution in [2.45, 2.75) is 26.3 Å². The number of rotatable bonds is 8. The number of hydrogen-bond donors (Lipinski definition) is 2. The maximum Gasteiger partial charge on any atom is 0.241 e. The highest BCUT2D eigenvalue weighted by Gasteiger charge is 2.11. The molecular weight excluding hydrogens is 501 g/mol. The first-order valence-corrected chi connectivity index (χ1v) is 9.98. The van der Waals surface area contributed by atoms with E-state index >= 15 is 0 Å². The molecule has 0 bridgehead atoms. The Labute approximate surface area is 194 Å². The number of halogens is 1. The number of likely N-dealkylation sites (N-methyl/N-ethyl adjacent to an activating group) is 1. The quantitative estimate of drug-likeness (QED) is 0.311. The monoisotopic (exact) mass is 531 g/mol. The third kappa shape index (κ3) is 8.57. The van der Waals surface area contributed by atoms with E-state index < -0.39 is 0 Å². The van der Waals surface area contributed by atoms with Crippen molar-refractivity contribution in [2.24, 2.45) is 4.99 Å². The second-order valence-electron chi connectivity index (χ2n) is 6.75. The number of aromatic nitrogens is 1. The normalized spacial score (nSPS) is 12.0. The summed E-state index contributed by atoms with van der Waals surface area (Å²) in [4.78, 5) is 23.7. The van der Waals surface area contributed by atoms with Gasteiger partial charge in [0.25, 0.3) is 0 Å². The number of ether oxygens (including phenoxy) is 1. The van der Waals surface area contributed by atoms with Crippen LogP contribution in [-0.4, -0.2) is 56.0 Å². The van der Waals surface area contributed by atoms with Crippen LogP contribution < -0.4 is 15.4 Å². The molecule has 2 rings (SSSR count). The number of methoxy groups -OCH3 is 1. The van der Waals surface area contributed by atoms with E-state index in [2.05, 4.69) is 34.5 Å². The molecule has 1 unspecified atom stereocenters. The molecule has 0 aliphatic carbocycles. The zero-order valence-corrected chi connectivity index (χ0v) is 20.7. The number of thiazole rings is 1. The Bertz CT molecular complexity index is 792. The van der Waals surface area contributed by atoms with Gasteiger partial charge in [0.1, 0.15) is 5.75 Å². The summed E-state index contributed by atoms with van der Waals surface area (Å²) in [5.41, 5.74) is 1.06. The van der Waals surface area contributed by atoms with Crippen molar-refractivity contribution in [3.63, 3.8) is 0 Å². The molecule has 29 heavy (non-hydrogen) atoms. The molecule has 9 heteroatoms. The van der Waals surface area contributed by atoms with Crippen LogP contribution in [0.4, 0.5) is 0 Å². The summed E-state index contributed by atoms with van der Waals surface area (Å²) in [5, 5.41) is 7.52. The first kappa shape index (κ1) is 25.2. The van der Waals surface area contributed by atoms with Crippen molar-refractivity contribution in [3.8, 4) is 5.75 Å². The number of hydrogen-bond acceptors (Lipinski definition) is 5. The van der Waals surface area contributed by atoms with Crippen LogP contribution >= 0.6 is 35.3 Å². The van der Waals surface area contributed by atoms with Crippen LogP contribution in [-0.2, 0) is 11.3 Å². The van der Waals surface area contributed by atoms with Gasteiger partial charge in [0, 0.05) is 37.6 Å². The van der Waals surface area contributed by atoms with Gasteiger partial charge in [0.2, 0.25) is 5.91 Å². The number of amides is 1. The molecule has 7 nitrogen and oxygen atoms in total. The van der Waals surface area contributed by atoms with E-state index in [4.69, 9.17) is 4.74 Å². The zero-order valence-electron chi connectivity index (χ0n) is 17.6. The SMILES string of the molecule is COc1ccc(CN=C(NCC(=O)N(C)C)NCC(C)c2ncc(C)s2)cc1.I. The summed E-state index contributed by atoms with van der Waals surface area (Å²) in [6.45, 7) is 5.54. The zero-order chi connectivity index (χ0) is 20.5. The van der Waals surface area contributed by atoms with Crippen LogP contribution in [0.1, 0.15) is 28.3 Å². The van der Waals surface area contributed by atoms with Crippen molar-refractivity contribution < 1.29 is 9.53 Å². The standard InChI is InChI=1S/C20H29N5O2S.HI/c1-14(19-21-11-15(2)28-19)10-22-20(24-13-18(26)25(3)4)23-12-16-6-8-17(27-5)9-7-16;/h6-9,11,14H,10,12-13H2,1-5H3,(H2,22,23,24);1H. The fraction of sp³-hybridized carbons (Fsp3) is 0.450. The number of nitrogens with zero attached hydrogens (tertiary/aromatic N) is 3. The molecule has 1 aromatic carbocycles. The molecule has 0 radical (unpaired) electrons. The van der Waals surface area contributed by atoms with Gasteiger partial charge in [0.15, 0.2) is 5.96 Å². The highest BCUT2D eigenvalue weighted by molar-refractivity contribution is 14.0. The van der Waals surface area contributed by atoms with E-state index in [1.54, 1.807) is 37.4 Å². The summed E-state index contributed by atoms with van der Waals surface area (Å²) in [7, 11) is 5.11. The van der Waals surface area contributed by atoms with Crippen molar-refractivity contribution >= 4 is 47.2 Å². The fourth-order valence-corrected chi connectivity index (χ4v) is 3.16. The molecule has 2 aromatic rings. The molecule has 1 amide bonds. The summed E-state index contributed by atoms with van der Waals surface area (Å²) in [5.74, 6) is 1.65. The molecule has 1 atom stereocenters. The van der Waals surface area contributed by atoms with Crippen LogP contribution in [0.3, 0.4) is 0 Å². The predicted molar refractivity (Wildman–Crippen MR) is 130 cm³/mol. The topological polar surface area (TPSA) is 78.8 Å². The highest BCUT2D eigenvalue weighted by atomic mass is 127. The molecule has 2 N–H and O–H groups in total. The second kappa shape index (κ2) is 12.6. The van der Waals surface area contributed by atoms with Gasteiger partial charge in [-0.2, -0.15) is 0 Å². The van der Waals surface area contributed by atoms with Crippen molar-refractivity contribution in [3.05, 3.63) is 45.9 Å². The fourth-order valence-electron chi connectivity index (χ4n) is 2.33. The average Bonchev–Trinajstić information content (AvgIpc) is 3.13. The third-order valence-electron chi connectivity index (χ3n) is 4.12. The summed E-state index contributed by atoms with van der Waals surface area (Å²) in [6.07, 6.45) is 1.89. The Morgan fingerprint density at radius 3 is 2.52 bits per heavy atom. The predicted octanol–water partition coefficient (Wildman–Crippen LogP) is 3.01. The van der Waals surface area contributed by atoms with E-state index in [1.807, 2.05) is 30.5 Å². The number of aliphatic imine (C=N–C) groups is 1. The molecule has 1 heterocycles. The lowest BCUT2D eigenvalue weighted by molar-refractivity contribution is -0.127. The van der Waals surface area contributed by atoms with E-state index in [1.165, 1.54) is 4.88 Å². The minimum atomic E-state index is -0.0115. The van der Waals surface area contributed by atoms with E-state index in [0.717, 1.165) is 16.3 Å². The summed E-state index contributed by atoms with van der Waals surface area (Å²) >= 11 is 1.70. The second-order valence-corrected chi connectivity index (χ2v) is 8.01. The van der Waals surface area contributed by atoms with Crippen molar-refractivity contribution in [1.82, 2.24) is 20.5 Å². The number of guanidine groups is 1. The number of aryl methyl sites for hydroxylation is 1. The van der Waals surface area contributed by atoms with Crippen LogP contribution in [0.15, 0.2) is 35.5 Å². The lowest BCUT2D eigenvalue weighted by atomic mass is 10.2. The van der Waals surface area contributed by atoms with Crippen molar-refractivity contribution in [2.75, 3.05) is 34.3 Å². The summed E-state index contributed by atoms with van der Waals surface area (Å²) in [6, 6.07) is 7.78. The lowest BCUT2D eigenvalue weighted by Gasteiger charge is -2.17. The first-order valence-electron chi connectivity index (χ1n) is 9.16. The molecule has 160 valence electrons. The molecular formula is C20H30IN5O2S. The van der Waals surface area contributed by atoms with Crippen LogP contribution in [0.2, 0.25) is 0 Å². The Morgan fingerprint density at radius 2 is 1.97 bits per heavy atom. The van der Waals surface area contributed by atoms with Gasteiger partial charge in [-0.05, 0) is 24.6 Å². The molecule has 0 aliphatic rings. The van der Waals surface area contributed by atoms with Crippen LogP contribution in [0, 0.1) is 6.92 Å². The van der Waals surface area contributed by atoms with Gasteiger partial charge in [0.05, 0.1) is 25.2 Å². The van der Waals surface area contributed by atoms with E-state index in [9.17, 15) is 4.79 Å². The molecule has 0 saturated heterocycles. The molecule has 0 aliphatic heterocycles. The van der Waals surface area contributed by atoms with E-state index in [0.29, 0.717) is 19.0 Å². The number of benzene rings is 1. The average molecular weight is 531 g/mol. The Balaban J connectivity index is 0.00000420. The number of carbonyl (C=O) groups is 1. The van der Waals surface area contributed by atoms with Crippen LogP contribution in [0.25, 0.3) is 0 Å². The summed E-state index contributed by atoms with van der Waals surface area (Å²) < 4.78 is 5.18. The van der Waals surface area contributed by atoms with Gasteiger partial charge >= 0.3 is 0 Å². The Hall–Kier alpha value is -1.88. The Kier molecular flexibility index (Phi) is 11.0. The molecule has 1 aromatic heterocycles. The molecule has 0 spiro atoms. The van der Waals surface area contributed by atoms with Gasteiger partial charge in [-0.15, -0.1) is 35.3 Å². The lowest BCUT2D eigenvalue weighted by Crippen LogP contribution is -2.43. The van der Waals surface area contributed by atoms with Gasteiger partial charge in [-0.1, -0.05) is 19.1 Å². The van der Waals surface area contributed by atoms with Crippen LogP contribution in [0.5, 0.6) is 5.75 Å². The number of nitrogens with one attached hydrogen (secondary N) is 2. The third-order valence-corrected chi connectivity index (χ3v) is 5.27. The minimum absolute atomic E-state index is 0. The van der Waals surface area contributed by atoms with Gasteiger partial charge in [-0.25, -0.2) is 9.98 Å². The maximum absolute atomic E-state index is 11.9. The van der Waals surface area contributed by atoms with E-state index in [-0.39, 0.29) is 42.3 Å². The maximum atomic E-state index is 11.9. The Morgan fingerprint density at radius 1 is 1.28 bits per heavy atom. The van der Waals surface area contributed by atoms with Crippen molar-refractivity contribution in [1.29, 1.82) is 0 Å². The smallest absolute Gasteiger partial charge is 0.241 e. The number of carbonyl (C=O) groups excluding carboxylic acids is 1. The first-order chi connectivity index (χ1) is 13.4. The molecule has 0 fully saturated rings. The highest BCUT2D eigenvalue weighted by Crippen LogP contribution is 2.20. The molecule has 0 saturated carbocycles. The van der Waals surface area contributed by atoms with Gasteiger partial charge in [-0.3, -0.25) is 4.79 Å².